The molecule has 2 N–H and O–H groups in total. The highest BCUT2D eigenvalue weighted by Gasteiger charge is 2.12. The zero-order chi connectivity index (χ0) is 14.7. The number of rotatable bonds is 5. The highest BCUT2D eigenvalue weighted by molar-refractivity contribution is 9.10. The van der Waals surface area contributed by atoms with E-state index >= 15 is 0 Å². The molecular weight excluding hydrogens is 314 g/mol. The van der Waals surface area contributed by atoms with Gasteiger partial charge in [-0.3, -0.25) is 4.68 Å². The monoisotopic (exact) mass is 335 g/mol. The molecule has 2 rings (SSSR count). The fourth-order valence-corrected chi connectivity index (χ4v) is 2.78. The van der Waals surface area contributed by atoms with E-state index < -0.39 is 0 Å². The number of nitrogens with zero attached hydrogens (tertiary/aromatic N) is 2. The van der Waals surface area contributed by atoms with Crippen LogP contribution in [0.25, 0.3) is 0 Å². The second-order valence-electron chi connectivity index (χ2n) is 5.36. The van der Waals surface area contributed by atoms with E-state index in [1.54, 1.807) is 0 Å². The van der Waals surface area contributed by atoms with Crippen molar-refractivity contribution in [3.8, 4) is 0 Å². The van der Waals surface area contributed by atoms with Gasteiger partial charge in [-0.05, 0) is 49.6 Å². The maximum absolute atomic E-state index is 6.33. The first kappa shape index (κ1) is 15.3. The average Bonchev–Trinajstić information content (AvgIpc) is 2.86. The minimum atomic E-state index is -0.0108. The SMILES string of the molecule is CCC(C)n1ccc(CC(N)c2ccc(Br)cc2C)n1. The van der Waals surface area contributed by atoms with Crippen molar-refractivity contribution >= 4 is 15.9 Å². The van der Waals surface area contributed by atoms with Gasteiger partial charge in [0.25, 0.3) is 0 Å². The van der Waals surface area contributed by atoms with Crippen molar-refractivity contribution in [3.63, 3.8) is 0 Å². The van der Waals surface area contributed by atoms with Crippen molar-refractivity contribution < 1.29 is 0 Å². The van der Waals surface area contributed by atoms with E-state index in [-0.39, 0.29) is 6.04 Å². The minimum absolute atomic E-state index is 0.0108. The van der Waals surface area contributed by atoms with E-state index in [4.69, 9.17) is 5.73 Å². The fraction of sp³-hybridized carbons (Fsp3) is 0.438. The maximum atomic E-state index is 6.33. The smallest absolute Gasteiger partial charge is 0.0643 e. The van der Waals surface area contributed by atoms with E-state index in [0.717, 1.165) is 23.0 Å². The van der Waals surface area contributed by atoms with Crippen LogP contribution in [0.4, 0.5) is 0 Å². The number of hydrogen-bond acceptors (Lipinski definition) is 2. The predicted octanol–water partition coefficient (Wildman–Crippen LogP) is 4.17. The van der Waals surface area contributed by atoms with E-state index in [0.29, 0.717) is 6.04 Å². The Kier molecular flexibility index (Phi) is 5.00. The van der Waals surface area contributed by atoms with Crippen LogP contribution in [0, 0.1) is 6.92 Å². The van der Waals surface area contributed by atoms with Gasteiger partial charge in [-0.2, -0.15) is 5.10 Å². The van der Waals surface area contributed by atoms with Crippen molar-refractivity contribution in [3.05, 3.63) is 51.8 Å². The fourth-order valence-electron chi connectivity index (χ4n) is 2.31. The molecule has 1 aromatic heterocycles. The summed E-state index contributed by atoms with van der Waals surface area (Å²) < 4.78 is 3.11. The van der Waals surface area contributed by atoms with Crippen LogP contribution >= 0.6 is 15.9 Å². The van der Waals surface area contributed by atoms with Gasteiger partial charge in [0.1, 0.15) is 0 Å². The summed E-state index contributed by atoms with van der Waals surface area (Å²) in [5.74, 6) is 0. The zero-order valence-corrected chi connectivity index (χ0v) is 13.9. The molecule has 0 saturated carbocycles. The molecule has 0 radical (unpaired) electrons. The molecule has 4 heteroatoms. The summed E-state index contributed by atoms with van der Waals surface area (Å²) in [4.78, 5) is 0. The van der Waals surface area contributed by atoms with Gasteiger partial charge in [0.15, 0.2) is 0 Å². The minimum Gasteiger partial charge on any atom is -0.324 e. The lowest BCUT2D eigenvalue weighted by atomic mass is 9.98. The Balaban J connectivity index is 2.11. The Labute approximate surface area is 129 Å². The summed E-state index contributed by atoms with van der Waals surface area (Å²) in [5.41, 5.74) is 9.79. The van der Waals surface area contributed by atoms with Crippen LogP contribution in [0.15, 0.2) is 34.9 Å². The third-order valence-corrected chi connectivity index (χ3v) is 4.26. The van der Waals surface area contributed by atoms with Gasteiger partial charge < -0.3 is 5.73 Å². The lowest BCUT2D eigenvalue weighted by molar-refractivity contribution is 0.472. The number of aromatic nitrogens is 2. The first-order valence-electron chi connectivity index (χ1n) is 7.07. The van der Waals surface area contributed by atoms with Gasteiger partial charge in [-0.25, -0.2) is 0 Å². The van der Waals surface area contributed by atoms with Crippen LogP contribution < -0.4 is 5.73 Å². The maximum Gasteiger partial charge on any atom is 0.0643 e. The molecule has 0 fully saturated rings. The molecule has 0 aliphatic carbocycles. The molecule has 0 amide bonds. The van der Waals surface area contributed by atoms with Crippen molar-refractivity contribution in [2.75, 3.05) is 0 Å². The largest absolute Gasteiger partial charge is 0.324 e. The number of halogens is 1. The molecule has 0 aliphatic heterocycles. The summed E-state index contributed by atoms with van der Waals surface area (Å²) in [6.45, 7) is 6.44. The summed E-state index contributed by atoms with van der Waals surface area (Å²) in [5, 5.41) is 4.62. The molecule has 0 spiro atoms. The van der Waals surface area contributed by atoms with Crippen molar-refractivity contribution in [1.82, 2.24) is 9.78 Å². The molecule has 1 aromatic carbocycles. The van der Waals surface area contributed by atoms with E-state index in [2.05, 4.69) is 60.0 Å². The van der Waals surface area contributed by atoms with Gasteiger partial charge in [0.2, 0.25) is 0 Å². The van der Waals surface area contributed by atoms with Gasteiger partial charge in [0, 0.05) is 29.2 Å². The number of aryl methyl sites for hydroxylation is 1. The summed E-state index contributed by atoms with van der Waals surface area (Å²) >= 11 is 3.48. The number of hydrogen-bond donors (Lipinski definition) is 1. The Bertz CT molecular complexity index is 577. The third-order valence-electron chi connectivity index (χ3n) is 3.77. The van der Waals surface area contributed by atoms with Gasteiger partial charge >= 0.3 is 0 Å². The lowest BCUT2D eigenvalue weighted by Crippen LogP contribution is -2.15. The Morgan fingerprint density at radius 2 is 2.10 bits per heavy atom. The summed E-state index contributed by atoms with van der Waals surface area (Å²) in [6.07, 6.45) is 3.90. The van der Waals surface area contributed by atoms with Crippen LogP contribution in [-0.4, -0.2) is 9.78 Å². The first-order chi connectivity index (χ1) is 9.51. The Hall–Kier alpha value is -1.13. The summed E-state index contributed by atoms with van der Waals surface area (Å²) in [7, 11) is 0. The molecule has 20 heavy (non-hydrogen) atoms. The van der Waals surface area contributed by atoms with E-state index in [1.165, 1.54) is 11.1 Å². The lowest BCUT2D eigenvalue weighted by Gasteiger charge is -2.14. The van der Waals surface area contributed by atoms with Crippen LogP contribution in [0.5, 0.6) is 0 Å². The zero-order valence-electron chi connectivity index (χ0n) is 12.3. The van der Waals surface area contributed by atoms with Crippen LogP contribution in [0.3, 0.4) is 0 Å². The second-order valence-corrected chi connectivity index (χ2v) is 6.27. The number of benzene rings is 1. The highest BCUT2D eigenvalue weighted by Crippen LogP contribution is 2.23. The molecule has 2 atom stereocenters. The van der Waals surface area contributed by atoms with Crippen molar-refractivity contribution in [2.45, 2.75) is 45.7 Å². The molecule has 108 valence electrons. The van der Waals surface area contributed by atoms with Crippen LogP contribution in [0.1, 0.15) is 49.2 Å². The Morgan fingerprint density at radius 1 is 1.35 bits per heavy atom. The van der Waals surface area contributed by atoms with Crippen LogP contribution in [-0.2, 0) is 6.42 Å². The van der Waals surface area contributed by atoms with Gasteiger partial charge in [-0.1, -0.05) is 28.9 Å². The van der Waals surface area contributed by atoms with E-state index in [9.17, 15) is 0 Å². The molecule has 0 bridgehead atoms. The molecule has 3 nitrogen and oxygen atoms in total. The normalized spacial score (nSPS) is 14.2. The third kappa shape index (κ3) is 3.49. The highest BCUT2D eigenvalue weighted by atomic mass is 79.9. The van der Waals surface area contributed by atoms with Gasteiger partial charge in [0.05, 0.1) is 5.69 Å². The first-order valence-corrected chi connectivity index (χ1v) is 7.86. The predicted molar refractivity (Wildman–Crippen MR) is 86.7 cm³/mol. The molecule has 2 aromatic rings. The quantitative estimate of drug-likeness (QED) is 0.891. The molecular formula is C16H22BrN3. The van der Waals surface area contributed by atoms with Crippen molar-refractivity contribution in [2.24, 2.45) is 5.73 Å². The van der Waals surface area contributed by atoms with Gasteiger partial charge in [-0.15, -0.1) is 0 Å². The second kappa shape index (κ2) is 6.55. The van der Waals surface area contributed by atoms with Crippen LogP contribution in [0.2, 0.25) is 0 Å². The molecule has 1 heterocycles. The molecule has 0 saturated heterocycles. The summed E-state index contributed by atoms with van der Waals surface area (Å²) in [6, 6.07) is 8.74. The standard InChI is InChI=1S/C16H22BrN3/c1-4-12(3)20-8-7-14(19-20)10-16(18)15-6-5-13(17)9-11(15)2/h5-9,12,16H,4,10,18H2,1-3H3. The average molecular weight is 336 g/mol. The Morgan fingerprint density at radius 3 is 2.75 bits per heavy atom. The number of nitrogens with two attached hydrogens (primary N) is 1. The molecule has 2 unspecified atom stereocenters. The topological polar surface area (TPSA) is 43.8 Å². The molecule has 0 aliphatic rings. The van der Waals surface area contributed by atoms with Crippen molar-refractivity contribution in [1.29, 1.82) is 0 Å². The van der Waals surface area contributed by atoms with E-state index in [1.807, 2.05) is 16.9 Å².